The first-order chi connectivity index (χ1) is 7.37. The van der Waals surface area contributed by atoms with E-state index < -0.39 is 11.7 Å². The number of amides is 1. The molecule has 1 fully saturated rings. The number of hydrogen-bond donors (Lipinski definition) is 1. The van der Waals surface area contributed by atoms with Gasteiger partial charge in [-0.3, -0.25) is 4.18 Å². The summed E-state index contributed by atoms with van der Waals surface area (Å²) in [5, 5.41) is 2.83. The number of alkyl carbamates (subject to hydrolysis) is 1. The van der Waals surface area contributed by atoms with E-state index in [-0.39, 0.29) is 5.54 Å². The van der Waals surface area contributed by atoms with Crippen LogP contribution >= 0.6 is 35.3 Å². The van der Waals surface area contributed by atoms with Crippen molar-refractivity contribution in [3.05, 3.63) is 0 Å². The molecule has 0 heterocycles. The molecule has 1 amide bonds. The van der Waals surface area contributed by atoms with Gasteiger partial charge in [0.25, 0.3) is 0 Å². The fourth-order valence-electron chi connectivity index (χ4n) is 1.13. The van der Waals surface area contributed by atoms with Crippen molar-refractivity contribution >= 4 is 41.4 Å². The van der Waals surface area contributed by atoms with E-state index in [0.717, 1.165) is 25.2 Å². The third-order valence-corrected chi connectivity index (χ3v) is 2.73. The maximum absolute atomic E-state index is 11.5. The van der Waals surface area contributed by atoms with E-state index in [9.17, 15) is 4.79 Å². The molecule has 7 heteroatoms. The molecule has 0 spiro atoms. The molecule has 1 aliphatic carbocycles. The summed E-state index contributed by atoms with van der Waals surface area (Å²) >= 11 is 2.64. The third-order valence-electron chi connectivity index (χ3n) is 2.03. The van der Waals surface area contributed by atoms with Gasteiger partial charge in [-0.1, -0.05) is 0 Å². The quantitative estimate of drug-likeness (QED) is 0.464. The molecule has 0 aromatic rings. The Kier molecular flexibility index (Phi) is 5.14. The highest BCUT2D eigenvalue weighted by Gasteiger charge is 2.45. The average Bonchev–Trinajstić information content (AvgIpc) is 2.82. The lowest BCUT2D eigenvalue weighted by atomic mass is 10.2. The first-order valence-corrected chi connectivity index (χ1v) is 6.50. The number of rotatable bonds is 5. The molecule has 1 aliphatic rings. The van der Waals surface area contributed by atoms with Crippen molar-refractivity contribution in [3.8, 4) is 0 Å². The molecule has 0 saturated heterocycles. The smallest absolute Gasteiger partial charge is 0.408 e. The zero-order valence-electron chi connectivity index (χ0n) is 9.54. The summed E-state index contributed by atoms with van der Waals surface area (Å²) in [4.78, 5) is 11.5. The Hall–Kier alpha value is 0.270. The predicted octanol–water partition coefficient (Wildman–Crippen LogP) is 2.99. The number of carbonyl (C=O) groups is 1. The first-order valence-electron chi connectivity index (χ1n) is 4.95. The van der Waals surface area contributed by atoms with Crippen molar-refractivity contribution in [2.24, 2.45) is 0 Å². The van der Waals surface area contributed by atoms with Gasteiger partial charge in [0.05, 0.1) is 12.1 Å². The van der Waals surface area contributed by atoms with Crippen LogP contribution in [0.4, 0.5) is 4.79 Å². The Morgan fingerprint density at radius 1 is 1.50 bits per heavy atom. The van der Waals surface area contributed by atoms with E-state index in [1.165, 1.54) is 0 Å². The van der Waals surface area contributed by atoms with E-state index in [2.05, 4.69) is 7.83 Å². The Morgan fingerprint density at radius 2 is 2.12 bits per heavy atom. The molecular weight excluding hydrogens is 345 g/mol. The predicted molar refractivity (Wildman–Crippen MR) is 70.0 cm³/mol. The van der Waals surface area contributed by atoms with Crippen LogP contribution in [0.5, 0.6) is 0 Å². The Balaban J connectivity index is 2.27. The molecule has 1 saturated carbocycles. The molecule has 0 aliphatic heterocycles. The summed E-state index contributed by atoms with van der Waals surface area (Å²) in [6.45, 7) is 5.94. The van der Waals surface area contributed by atoms with Crippen molar-refractivity contribution in [1.29, 1.82) is 0 Å². The molecule has 94 valence electrons. The Bertz CT molecular complexity index is 252. The lowest BCUT2D eigenvalue weighted by Crippen LogP contribution is -2.42. The zero-order chi connectivity index (χ0) is 12.2. The van der Waals surface area contributed by atoms with E-state index in [1.807, 2.05) is 20.8 Å². The van der Waals surface area contributed by atoms with Gasteiger partial charge in [0.1, 0.15) is 28.6 Å². The van der Waals surface area contributed by atoms with Crippen LogP contribution < -0.4 is 5.32 Å². The number of hydrogen-bond acceptors (Lipinski definition) is 5. The molecule has 0 bridgehead atoms. The highest BCUT2D eigenvalue weighted by molar-refractivity contribution is 14.1. The lowest BCUT2D eigenvalue weighted by molar-refractivity contribution is 0.0480. The molecule has 0 unspecified atom stereocenters. The van der Waals surface area contributed by atoms with E-state index in [1.54, 1.807) is 23.0 Å². The normalized spacial score (nSPS) is 18.0. The Morgan fingerprint density at radius 3 is 2.56 bits per heavy atom. The largest absolute Gasteiger partial charge is 0.444 e. The van der Waals surface area contributed by atoms with Crippen LogP contribution in [0.2, 0.25) is 0 Å². The van der Waals surface area contributed by atoms with Gasteiger partial charge in [0.15, 0.2) is 12.3 Å². The van der Waals surface area contributed by atoms with Crippen LogP contribution in [0.25, 0.3) is 0 Å². The van der Waals surface area contributed by atoms with Gasteiger partial charge in [-0.05, 0) is 33.6 Å². The van der Waals surface area contributed by atoms with Crippen LogP contribution in [0, 0.1) is 0 Å². The van der Waals surface area contributed by atoms with Gasteiger partial charge in [0.2, 0.25) is 0 Å². The molecule has 0 atom stereocenters. The fraction of sp³-hybridized carbons (Fsp3) is 0.889. The lowest BCUT2D eigenvalue weighted by Gasteiger charge is -2.22. The molecular formula is C9H16INO4S. The minimum Gasteiger partial charge on any atom is -0.444 e. The summed E-state index contributed by atoms with van der Waals surface area (Å²) in [5.74, 6) is 0. The number of carbonyl (C=O) groups excluding carboxylic acids is 1. The van der Waals surface area contributed by atoms with Gasteiger partial charge < -0.3 is 10.1 Å². The van der Waals surface area contributed by atoms with Gasteiger partial charge in [-0.25, -0.2) is 7.31 Å². The van der Waals surface area contributed by atoms with Gasteiger partial charge >= 0.3 is 6.09 Å². The van der Waals surface area contributed by atoms with Gasteiger partial charge in [-0.2, -0.15) is 0 Å². The number of ether oxygens (including phenoxy) is 1. The maximum atomic E-state index is 11.5. The summed E-state index contributed by atoms with van der Waals surface area (Å²) in [5.41, 5.74) is -0.731. The molecule has 0 radical (unpaired) electrons. The highest BCUT2D eigenvalue weighted by Crippen LogP contribution is 2.37. The second kappa shape index (κ2) is 5.74. The van der Waals surface area contributed by atoms with Gasteiger partial charge in [0, 0.05) is 0 Å². The number of nitrogens with one attached hydrogen (secondary N) is 1. The summed E-state index contributed by atoms with van der Waals surface area (Å²) < 4.78 is 15.0. The maximum Gasteiger partial charge on any atom is 0.408 e. The first kappa shape index (κ1) is 14.3. The summed E-state index contributed by atoms with van der Waals surface area (Å²) in [7, 11) is 0. The van der Waals surface area contributed by atoms with Crippen molar-refractivity contribution in [2.45, 2.75) is 44.8 Å². The van der Waals surface area contributed by atoms with Crippen LogP contribution in [0.15, 0.2) is 0 Å². The highest BCUT2D eigenvalue weighted by atomic mass is 127. The second-order valence-corrected chi connectivity index (χ2v) is 6.38. The van der Waals surface area contributed by atoms with Crippen LogP contribution in [0.1, 0.15) is 33.6 Å². The fourth-order valence-corrected chi connectivity index (χ4v) is 1.75. The van der Waals surface area contributed by atoms with Crippen LogP contribution in [-0.4, -0.2) is 23.8 Å². The van der Waals surface area contributed by atoms with Gasteiger partial charge in [-0.15, -0.1) is 0 Å². The summed E-state index contributed by atoms with van der Waals surface area (Å²) in [6.07, 6.45) is 1.43. The van der Waals surface area contributed by atoms with E-state index >= 15 is 0 Å². The minimum atomic E-state index is -0.471. The van der Waals surface area contributed by atoms with Crippen LogP contribution in [-0.2, 0) is 11.4 Å². The molecule has 16 heavy (non-hydrogen) atoms. The molecule has 1 rings (SSSR count). The Labute approximate surface area is 114 Å². The van der Waals surface area contributed by atoms with Crippen molar-refractivity contribution in [2.75, 3.05) is 6.61 Å². The third kappa shape index (κ3) is 5.55. The monoisotopic (exact) mass is 361 g/mol. The zero-order valence-corrected chi connectivity index (χ0v) is 12.5. The van der Waals surface area contributed by atoms with Crippen LogP contribution in [0.3, 0.4) is 0 Å². The molecule has 1 N–H and O–H groups in total. The minimum absolute atomic E-state index is 0.259. The molecule has 0 aromatic carbocycles. The van der Waals surface area contributed by atoms with Crippen molar-refractivity contribution in [1.82, 2.24) is 5.32 Å². The van der Waals surface area contributed by atoms with E-state index in [0.29, 0.717) is 6.61 Å². The van der Waals surface area contributed by atoms with Crippen molar-refractivity contribution < 1.29 is 16.2 Å². The molecule has 0 aromatic heterocycles. The average molecular weight is 361 g/mol. The van der Waals surface area contributed by atoms with Crippen molar-refractivity contribution in [3.63, 3.8) is 0 Å². The molecule has 5 nitrogen and oxygen atoms in total. The summed E-state index contributed by atoms with van der Waals surface area (Å²) in [6, 6.07) is 0. The SMILES string of the molecule is CC(C)(C)OC(=O)NC1(COSOI)CC1. The topological polar surface area (TPSA) is 56.8 Å². The van der Waals surface area contributed by atoms with E-state index in [4.69, 9.17) is 8.92 Å². The number of halogens is 1. The second-order valence-electron chi connectivity index (χ2n) is 4.80. The standard InChI is InChI=1S/C9H16INO4S/c1-8(2,3)14-7(12)11-9(4-5-9)6-13-16-15-10/h4-6H2,1-3H3,(H,11,12).